The third-order valence-corrected chi connectivity index (χ3v) is 4.14. The number of hydrogen-bond acceptors (Lipinski definition) is 1. The van der Waals surface area contributed by atoms with Crippen LogP contribution in [-0.4, -0.2) is 9.78 Å². The zero-order valence-electron chi connectivity index (χ0n) is 11.5. The second kappa shape index (κ2) is 5.92. The lowest BCUT2D eigenvalue weighted by Gasteiger charge is -2.11. The van der Waals surface area contributed by atoms with Crippen molar-refractivity contribution in [2.75, 3.05) is 0 Å². The number of halogens is 2. The Labute approximate surface area is 133 Å². The Balaban J connectivity index is 1.92. The molecule has 3 rings (SSSR count). The van der Waals surface area contributed by atoms with Gasteiger partial charge in [0.05, 0.1) is 17.3 Å². The summed E-state index contributed by atoms with van der Waals surface area (Å²) in [5.74, 6) is 0. The molecule has 4 heteroatoms. The lowest BCUT2D eigenvalue weighted by Crippen LogP contribution is -1.96. The van der Waals surface area contributed by atoms with Crippen LogP contribution in [0.5, 0.6) is 0 Å². The number of para-hydroxylation sites is 1. The molecule has 0 saturated heterocycles. The normalized spacial score (nSPS) is 12.3. The van der Waals surface area contributed by atoms with Gasteiger partial charge >= 0.3 is 0 Å². The Morgan fingerprint density at radius 1 is 1.10 bits per heavy atom. The molecule has 1 unspecified atom stereocenters. The maximum Gasteiger partial charge on any atom is 0.0868 e. The second-order valence-electron chi connectivity index (χ2n) is 4.92. The number of aryl methyl sites for hydroxylation is 1. The standard InChI is InChI=1S/C17H14Cl2N2/c1-12-9-14(18)7-8-16(12)17(19)13-10-20-21(11-13)15-5-3-2-4-6-15/h2-11,17H,1H3. The quantitative estimate of drug-likeness (QED) is 0.610. The Morgan fingerprint density at radius 3 is 2.57 bits per heavy atom. The fraction of sp³-hybridized carbons (Fsp3) is 0.118. The minimum atomic E-state index is -0.236. The fourth-order valence-electron chi connectivity index (χ4n) is 2.29. The molecular weight excluding hydrogens is 303 g/mol. The minimum absolute atomic E-state index is 0.236. The van der Waals surface area contributed by atoms with E-state index in [1.165, 1.54) is 0 Å². The van der Waals surface area contributed by atoms with Gasteiger partial charge in [0.2, 0.25) is 0 Å². The molecule has 3 aromatic rings. The van der Waals surface area contributed by atoms with Gasteiger partial charge in [0.25, 0.3) is 0 Å². The van der Waals surface area contributed by atoms with Gasteiger partial charge in [-0.2, -0.15) is 5.10 Å². The van der Waals surface area contributed by atoms with Crippen LogP contribution in [0.3, 0.4) is 0 Å². The Kier molecular flexibility index (Phi) is 4.00. The predicted molar refractivity (Wildman–Crippen MR) is 87.4 cm³/mol. The molecule has 0 bridgehead atoms. The molecule has 0 fully saturated rings. The molecule has 2 aromatic carbocycles. The molecule has 0 saturated carbocycles. The summed E-state index contributed by atoms with van der Waals surface area (Å²) < 4.78 is 1.83. The van der Waals surface area contributed by atoms with E-state index in [2.05, 4.69) is 5.10 Å². The first kappa shape index (κ1) is 14.2. The molecule has 106 valence electrons. The van der Waals surface area contributed by atoms with Crippen molar-refractivity contribution in [1.82, 2.24) is 9.78 Å². The van der Waals surface area contributed by atoms with Gasteiger partial charge in [-0.25, -0.2) is 4.68 Å². The van der Waals surface area contributed by atoms with Crippen LogP contribution in [0.15, 0.2) is 60.9 Å². The van der Waals surface area contributed by atoms with Crippen LogP contribution in [-0.2, 0) is 0 Å². The lowest BCUT2D eigenvalue weighted by molar-refractivity contribution is 0.880. The van der Waals surface area contributed by atoms with E-state index in [1.54, 1.807) is 6.20 Å². The first-order valence-electron chi connectivity index (χ1n) is 6.65. The highest BCUT2D eigenvalue weighted by Crippen LogP contribution is 2.32. The van der Waals surface area contributed by atoms with Crippen molar-refractivity contribution in [2.24, 2.45) is 0 Å². The molecule has 0 aliphatic carbocycles. The van der Waals surface area contributed by atoms with Gasteiger partial charge < -0.3 is 0 Å². The van der Waals surface area contributed by atoms with Gasteiger partial charge in [-0.15, -0.1) is 11.6 Å². The van der Waals surface area contributed by atoms with Crippen molar-refractivity contribution in [3.63, 3.8) is 0 Å². The first-order chi connectivity index (χ1) is 10.1. The van der Waals surface area contributed by atoms with Crippen molar-refractivity contribution < 1.29 is 0 Å². The van der Waals surface area contributed by atoms with Crippen LogP contribution >= 0.6 is 23.2 Å². The number of hydrogen-bond donors (Lipinski definition) is 0. The summed E-state index contributed by atoms with van der Waals surface area (Å²) in [5, 5.41) is 4.87. The largest absolute Gasteiger partial charge is 0.241 e. The van der Waals surface area contributed by atoms with Crippen LogP contribution in [0, 0.1) is 6.92 Å². The average molecular weight is 317 g/mol. The molecule has 0 spiro atoms. The molecule has 1 atom stereocenters. The van der Waals surface area contributed by atoms with Gasteiger partial charge in [0.15, 0.2) is 0 Å². The van der Waals surface area contributed by atoms with Crippen molar-refractivity contribution in [3.8, 4) is 5.69 Å². The van der Waals surface area contributed by atoms with Crippen molar-refractivity contribution in [2.45, 2.75) is 12.3 Å². The molecule has 21 heavy (non-hydrogen) atoms. The lowest BCUT2D eigenvalue weighted by atomic mass is 10.0. The van der Waals surface area contributed by atoms with Crippen molar-refractivity contribution >= 4 is 23.2 Å². The van der Waals surface area contributed by atoms with Crippen molar-refractivity contribution in [3.05, 3.63) is 82.6 Å². The van der Waals surface area contributed by atoms with E-state index in [-0.39, 0.29) is 5.38 Å². The summed E-state index contributed by atoms with van der Waals surface area (Å²) in [6.45, 7) is 2.01. The van der Waals surface area contributed by atoms with Gasteiger partial charge in [-0.05, 0) is 42.3 Å². The highest BCUT2D eigenvalue weighted by molar-refractivity contribution is 6.30. The average Bonchev–Trinajstić information content (AvgIpc) is 2.97. The molecule has 0 amide bonds. The van der Waals surface area contributed by atoms with Gasteiger partial charge in [0, 0.05) is 16.8 Å². The first-order valence-corrected chi connectivity index (χ1v) is 7.47. The van der Waals surface area contributed by atoms with E-state index in [0.717, 1.165) is 27.4 Å². The van der Waals surface area contributed by atoms with Gasteiger partial charge in [-0.3, -0.25) is 0 Å². The third-order valence-electron chi connectivity index (χ3n) is 3.42. The van der Waals surface area contributed by atoms with E-state index >= 15 is 0 Å². The molecule has 0 aliphatic rings. The Bertz CT molecular complexity index is 750. The van der Waals surface area contributed by atoms with Crippen LogP contribution < -0.4 is 0 Å². The van der Waals surface area contributed by atoms with Crippen LogP contribution in [0.2, 0.25) is 5.02 Å². The van der Waals surface area contributed by atoms with Crippen LogP contribution in [0.1, 0.15) is 22.1 Å². The molecule has 1 heterocycles. The van der Waals surface area contributed by atoms with E-state index in [4.69, 9.17) is 23.2 Å². The molecule has 1 aromatic heterocycles. The monoisotopic (exact) mass is 316 g/mol. The number of benzene rings is 2. The smallest absolute Gasteiger partial charge is 0.0868 e. The zero-order chi connectivity index (χ0) is 14.8. The van der Waals surface area contributed by atoms with E-state index in [0.29, 0.717) is 0 Å². The third kappa shape index (κ3) is 2.97. The molecule has 2 nitrogen and oxygen atoms in total. The summed E-state index contributed by atoms with van der Waals surface area (Å²) >= 11 is 12.6. The van der Waals surface area contributed by atoms with E-state index in [9.17, 15) is 0 Å². The number of alkyl halides is 1. The SMILES string of the molecule is Cc1cc(Cl)ccc1C(Cl)c1cnn(-c2ccccc2)c1. The predicted octanol–water partition coefficient (Wildman–Crippen LogP) is 5.16. The topological polar surface area (TPSA) is 17.8 Å². The van der Waals surface area contributed by atoms with Gasteiger partial charge in [-0.1, -0.05) is 35.9 Å². The van der Waals surface area contributed by atoms with E-state index in [1.807, 2.05) is 66.3 Å². The van der Waals surface area contributed by atoms with Crippen molar-refractivity contribution in [1.29, 1.82) is 0 Å². The summed E-state index contributed by atoms with van der Waals surface area (Å²) in [7, 11) is 0. The zero-order valence-corrected chi connectivity index (χ0v) is 13.0. The number of nitrogens with zero attached hydrogens (tertiary/aromatic N) is 2. The Morgan fingerprint density at radius 2 is 1.86 bits per heavy atom. The highest BCUT2D eigenvalue weighted by atomic mass is 35.5. The second-order valence-corrected chi connectivity index (χ2v) is 5.79. The molecular formula is C17H14Cl2N2. The number of aromatic nitrogens is 2. The van der Waals surface area contributed by atoms with E-state index < -0.39 is 0 Å². The molecule has 0 radical (unpaired) electrons. The maximum atomic E-state index is 6.59. The highest BCUT2D eigenvalue weighted by Gasteiger charge is 2.15. The molecule has 0 aliphatic heterocycles. The number of rotatable bonds is 3. The van der Waals surface area contributed by atoms with Gasteiger partial charge in [0.1, 0.15) is 0 Å². The van der Waals surface area contributed by atoms with Crippen LogP contribution in [0.4, 0.5) is 0 Å². The summed E-state index contributed by atoms with van der Waals surface area (Å²) in [5.41, 5.74) is 4.11. The molecule has 0 N–H and O–H groups in total. The summed E-state index contributed by atoms with van der Waals surface area (Å²) in [4.78, 5) is 0. The maximum absolute atomic E-state index is 6.59. The summed E-state index contributed by atoms with van der Waals surface area (Å²) in [6.07, 6.45) is 3.76. The summed E-state index contributed by atoms with van der Waals surface area (Å²) in [6, 6.07) is 15.7. The Hall–Kier alpha value is -1.77. The minimum Gasteiger partial charge on any atom is -0.241 e. The fourth-order valence-corrected chi connectivity index (χ4v) is 2.88. The van der Waals surface area contributed by atoms with Crippen LogP contribution in [0.25, 0.3) is 5.69 Å².